The molecule has 7 nitrogen and oxygen atoms in total. The van der Waals surface area contributed by atoms with Crippen LogP contribution in [0.2, 0.25) is 0 Å². The number of hydrogen-bond donors (Lipinski definition) is 1. The van der Waals surface area contributed by atoms with E-state index in [4.69, 9.17) is 0 Å². The highest BCUT2D eigenvalue weighted by atomic mass is 19.4. The van der Waals surface area contributed by atoms with Crippen molar-refractivity contribution in [2.45, 2.75) is 25.2 Å². The van der Waals surface area contributed by atoms with E-state index in [9.17, 15) is 31.1 Å². The normalized spacial score (nSPS) is 17.3. The van der Waals surface area contributed by atoms with Crippen LogP contribution in [-0.4, -0.2) is 60.2 Å². The van der Waals surface area contributed by atoms with E-state index in [2.05, 4.69) is 20.2 Å². The van der Waals surface area contributed by atoms with Crippen molar-refractivity contribution in [1.29, 1.82) is 0 Å². The van der Waals surface area contributed by atoms with Crippen LogP contribution >= 0.6 is 0 Å². The zero-order valence-corrected chi connectivity index (χ0v) is 18.0. The Hall–Kier alpha value is -3.25. The van der Waals surface area contributed by atoms with E-state index in [0.29, 0.717) is 31.0 Å². The number of benzene rings is 1. The van der Waals surface area contributed by atoms with Crippen LogP contribution in [-0.2, 0) is 12.4 Å². The summed E-state index contributed by atoms with van der Waals surface area (Å²) in [6, 6.07) is 2.11. The van der Waals surface area contributed by atoms with Crippen molar-refractivity contribution in [1.82, 2.24) is 14.9 Å². The molecule has 0 atom stereocenters. The van der Waals surface area contributed by atoms with Crippen molar-refractivity contribution in [2.75, 3.05) is 54.4 Å². The first-order chi connectivity index (χ1) is 16.0. The lowest BCUT2D eigenvalue weighted by molar-refractivity contribution is -0.143. The number of alkyl halides is 6. The minimum Gasteiger partial charge on any atom is -0.356 e. The Bertz CT molecular complexity index is 997. The molecule has 0 bridgehead atoms. The predicted octanol–water partition coefficient (Wildman–Crippen LogP) is 4.47. The molecule has 2 aliphatic heterocycles. The molecule has 0 saturated carbocycles. The van der Waals surface area contributed by atoms with Crippen LogP contribution in [0.5, 0.6) is 0 Å². The number of aromatic nitrogens is 2. The van der Waals surface area contributed by atoms with Crippen LogP contribution in [0.4, 0.5) is 48.5 Å². The Kier molecular flexibility index (Phi) is 6.45. The average molecular weight is 488 g/mol. The van der Waals surface area contributed by atoms with Gasteiger partial charge in [0.2, 0.25) is 0 Å². The molecule has 3 heterocycles. The third-order valence-electron chi connectivity index (χ3n) is 5.80. The maximum Gasteiger partial charge on any atom is 0.416 e. The van der Waals surface area contributed by atoms with Crippen molar-refractivity contribution in [2.24, 2.45) is 0 Å². The van der Waals surface area contributed by atoms with Gasteiger partial charge in [0.05, 0.1) is 11.1 Å². The van der Waals surface area contributed by atoms with Gasteiger partial charge in [-0.05, 0) is 31.0 Å². The molecule has 13 heteroatoms. The predicted molar refractivity (Wildman–Crippen MR) is 113 cm³/mol. The third-order valence-corrected chi connectivity index (χ3v) is 5.80. The Morgan fingerprint density at radius 1 is 0.735 bits per heavy atom. The minimum absolute atomic E-state index is 0.0204. The first-order valence-electron chi connectivity index (χ1n) is 10.7. The van der Waals surface area contributed by atoms with E-state index in [1.807, 2.05) is 11.0 Å². The van der Waals surface area contributed by atoms with Crippen molar-refractivity contribution < 1.29 is 31.1 Å². The van der Waals surface area contributed by atoms with Gasteiger partial charge in [0.1, 0.15) is 18.0 Å². The number of piperazine rings is 1. The second-order valence-electron chi connectivity index (χ2n) is 8.13. The van der Waals surface area contributed by atoms with Crippen LogP contribution in [0, 0.1) is 0 Å². The molecular formula is C21H22F6N6O. The fourth-order valence-corrected chi connectivity index (χ4v) is 4.00. The molecule has 0 unspecified atom stereocenters. The number of nitrogens with one attached hydrogen (secondary N) is 1. The van der Waals surface area contributed by atoms with Crippen LogP contribution < -0.4 is 15.1 Å². The molecule has 0 radical (unpaired) electrons. The monoisotopic (exact) mass is 488 g/mol. The number of urea groups is 1. The van der Waals surface area contributed by atoms with Gasteiger partial charge < -0.3 is 20.0 Å². The Labute approximate surface area is 191 Å². The molecule has 1 aromatic heterocycles. The highest BCUT2D eigenvalue weighted by Gasteiger charge is 2.37. The highest BCUT2D eigenvalue weighted by molar-refractivity contribution is 5.89. The van der Waals surface area contributed by atoms with Gasteiger partial charge in [-0.2, -0.15) is 26.3 Å². The number of hydrogen-bond acceptors (Lipinski definition) is 5. The van der Waals surface area contributed by atoms with E-state index >= 15 is 0 Å². The van der Waals surface area contributed by atoms with Gasteiger partial charge in [0.25, 0.3) is 0 Å². The first kappa shape index (κ1) is 23.9. The second-order valence-corrected chi connectivity index (χ2v) is 8.13. The molecule has 0 aliphatic carbocycles. The maximum absolute atomic E-state index is 13.1. The first-order valence-corrected chi connectivity index (χ1v) is 10.7. The molecule has 2 fully saturated rings. The summed E-state index contributed by atoms with van der Waals surface area (Å²) < 4.78 is 78.3. The molecule has 184 valence electrons. The van der Waals surface area contributed by atoms with Gasteiger partial charge in [-0.15, -0.1) is 0 Å². The van der Waals surface area contributed by atoms with E-state index in [1.165, 1.54) is 11.2 Å². The number of carbonyl (C=O) groups is 1. The summed E-state index contributed by atoms with van der Waals surface area (Å²) in [6.07, 6.45) is -6.30. The summed E-state index contributed by atoms with van der Waals surface area (Å²) in [7, 11) is 0. The standard InChI is InChI=1S/C21H22F6N6O/c22-20(23,24)14-9-15(21(25,26)27)11-16(10-14)30-19(34)33-7-5-32(6-8-33)18-12-17(28-13-29-18)31-3-1-2-4-31/h9-13H,1-8H2,(H,30,34). The maximum atomic E-state index is 13.1. The Morgan fingerprint density at radius 2 is 1.24 bits per heavy atom. The summed E-state index contributed by atoms with van der Waals surface area (Å²) in [4.78, 5) is 26.6. The molecule has 2 amide bonds. The van der Waals surface area contributed by atoms with E-state index in [1.54, 1.807) is 0 Å². The Balaban J connectivity index is 1.41. The lowest BCUT2D eigenvalue weighted by Crippen LogP contribution is -2.50. The molecule has 2 aromatic rings. The lowest BCUT2D eigenvalue weighted by atomic mass is 10.1. The summed E-state index contributed by atoms with van der Waals surface area (Å²) in [5.74, 6) is 1.53. The molecule has 1 N–H and O–H groups in total. The minimum atomic E-state index is -4.99. The van der Waals surface area contributed by atoms with E-state index in [0.717, 1.165) is 31.7 Å². The molecule has 2 saturated heterocycles. The molecule has 0 spiro atoms. The van der Waals surface area contributed by atoms with E-state index in [-0.39, 0.29) is 19.2 Å². The molecule has 2 aliphatic rings. The summed E-state index contributed by atoms with van der Waals surface area (Å²) >= 11 is 0. The van der Waals surface area contributed by atoms with Gasteiger partial charge >= 0.3 is 18.4 Å². The number of carbonyl (C=O) groups excluding carboxylic acids is 1. The molecule has 34 heavy (non-hydrogen) atoms. The number of halogens is 6. The summed E-state index contributed by atoms with van der Waals surface area (Å²) in [5, 5.41) is 2.17. The largest absolute Gasteiger partial charge is 0.416 e. The smallest absolute Gasteiger partial charge is 0.356 e. The van der Waals surface area contributed by atoms with Crippen LogP contribution in [0.3, 0.4) is 0 Å². The van der Waals surface area contributed by atoms with Crippen LogP contribution in [0.1, 0.15) is 24.0 Å². The van der Waals surface area contributed by atoms with Gasteiger partial charge in [-0.1, -0.05) is 0 Å². The van der Waals surface area contributed by atoms with Crippen LogP contribution in [0.25, 0.3) is 0 Å². The van der Waals surface area contributed by atoms with Gasteiger partial charge in [-0.3, -0.25) is 0 Å². The summed E-state index contributed by atoms with van der Waals surface area (Å²) in [5.41, 5.74) is -3.54. The molecular weight excluding hydrogens is 466 g/mol. The Morgan fingerprint density at radius 3 is 1.74 bits per heavy atom. The number of anilines is 3. The average Bonchev–Trinajstić information content (AvgIpc) is 3.33. The van der Waals surface area contributed by atoms with Crippen molar-refractivity contribution in [3.8, 4) is 0 Å². The zero-order chi connectivity index (χ0) is 24.5. The van der Waals surface area contributed by atoms with Crippen LogP contribution in [0.15, 0.2) is 30.6 Å². The van der Waals surface area contributed by atoms with Crippen molar-refractivity contribution in [3.05, 3.63) is 41.7 Å². The number of rotatable bonds is 3. The quantitative estimate of drug-likeness (QED) is 0.647. The summed E-state index contributed by atoms with van der Waals surface area (Å²) in [6.45, 7) is 3.10. The highest BCUT2D eigenvalue weighted by Crippen LogP contribution is 2.37. The van der Waals surface area contributed by atoms with E-state index < -0.39 is 35.2 Å². The fourth-order valence-electron chi connectivity index (χ4n) is 4.00. The zero-order valence-electron chi connectivity index (χ0n) is 18.0. The van der Waals surface area contributed by atoms with Gasteiger partial charge in [0.15, 0.2) is 0 Å². The van der Waals surface area contributed by atoms with Crippen molar-refractivity contribution in [3.63, 3.8) is 0 Å². The van der Waals surface area contributed by atoms with Crippen molar-refractivity contribution >= 4 is 23.4 Å². The van der Waals surface area contributed by atoms with Gasteiger partial charge in [0, 0.05) is 51.0 Å². The SMILES string of the molecule is O=C(Nc1cc(C(F)(F)F)cc(C(F)(F)F)c1)N1CCN(c2cc(N3CCCC3)ncn2)CC1. The number of nitrogens with zero attached hydrogens (tertiary/aromatic N) is 5. The molecule has 1 aromatic carbocycles. The molecule has 4 rings (SSSR count). The topological polar surface area (TPSA) is 64.6 Å². The lowest BCUT2D eigenvalue weighted by Gasteiger charge is -2.35. The van der Waals surface area contributed by atoms with Gasteiger partial charge in [-0.25, -0.2) is 14.8 Å². The second kappa shape index (κ2) is 9.18. The third kappa shape index (κ3) is 5.45. The number of amides is 2. The fraction of sp³-hybridized carbons (Fsp3) is 0.476.